The third kappa shape index (κ3) is 3.86. The minimum Gasteiger partial charge on any atom is -0.456 e. The summed E-state index contributed by atoms with van der Waals surface area (Å²) in [6, 6.07) is 0. The standard InChI is InChI=1S/C19H28N2O5/c1-12-15(11-25-17(12)23)21-10-14(9-16(21)22)13-5-7-20(8-6-13)18(24)26-19(2,3)4/h13-14H,5-11H2,1-4H3. The molecule has 3 aliphatic rings. The first-order valence-electron chi connectivity index (χ1n) is 9.31. The number of carbonyl (C=O) groups is 3. The highest BCUT2D eigenvalue weighted by Crippen LogP contribution is 2.35. The maximum absolute atomic E-state index is 12.4. The SMILES string of the molecule is CC1=C(N2CC(C3CCN(C(=O)OC(C)(C)C)CC3)CC2=O)COC1=O. The van der Waals surface area contributed by atoms with Crippen molar-refractivity contribution >= 4 is 18.0 Å². The minimum absolute atomic E-state index is 0.0669. The third-order valence-electron chi connectivity index (χ3n) is 5.42. The van der Waals surface area contributed by atoms with Crippen LogP contribution in [-0.4, -0.2) is 59.6 Å². The number of ether oxygens (including phenoxy) is 2. The monoisotopic (exact) mass is 364 g/mol. The fourth-order valence-electron chi connectivity index (χ4n) is 3.94. The Hall–Kier alpha value is -2.05. The summed E-state index contributed by atoms with van der Waals surface area (Å²) in [6.45, 7) is 9.46. The van der Waals surface area contributed by atoms with Gasteiger partial charge in [0.15, 0.2) is 0 Å². The summed E-state index contributed by atoms with van der Waals surface area (Å²) < 4.78 is 10.5. The molecule has 7 nitrogen and oxygen atoms in total. The number of amides is 2. The number of esters is 1. The Morgan fingerprint density at radius 3 is 2.35 bits per heavy atom. The van der Waals surface area contributed by atoms with Gasteiger partial charge < -0.3 is 19.3 Å². The van der Waals surface area contributed by atoms with Crippen LogP contribution in [0, 0.1) is 11.8 Å². The zero-order valence-corrected chi connectivity index (χ0v) is 16.0. The summed E-state index contributed by atoms with van der Waals surface area (Å²) >= 11 is 0. The lowest BCUT2D eigenvalue weighted by atomic mass is 9.84. The highest BCUT2D eigenvalue weighted by Gasteiger charge is 2.40. The summed E-state index contributed by atoms with van der Waals surface area (Å²) in [4.78, 5) is 39.7. The van der Waals surface area contributed by atoms with Gasteiger partial charge >= 0.3 is 12.1 Å². The van der Waals surface area contributed by atoms with Gasteiger partial charge in [0.2, 0.25) is 5.91 Å². The van der Waals surface area contributed by atoms with E-state index in [4.69, 9.17) is 9.47 Å². The van der Waals surface area contributed by atoms with Crippen molar-refractivity contribution in [2.45, 2.75) is 52.6 Å². The Bertz CT molecular complexity index is 641. The molecule has 26 heavy (non-hydrogen) atoms. The Balaban J connectivity index is 1.55. The van der Waals surface area contributed by atoms with Crippen molar-refractivity contribution in [1.82, 2.24) is 9.80 Å². The van der Waals surface area contributed by atoms with E-state index in [1.807, 2.05) is 20.8 Å². The third-order valence-corrected chi connectivity index (χ3v) is 5.42. The first kappa shape index (κ1) is 18.7. The number of rotatable bonds is 2. The lowest BCUT2D eigenvalue weighted by Crippen LogP contribution is -2.43. The number of likely N-dealkylation sites (tertiary alicyclic amines) is 2. The molecule has 2 saturated heterocycles. The van der Waals surface area contributed by atoms with Crippen molar-refractivity contribution in [3.05, 3.63) is 11.3 Å². The first-order chi connectivity index (χ1) is 12.2. The highest BCUT2D eigenvalue weighted by atomic mass is 16.6. The molecular weight excluding hydrogens is 336 g/mol. The molecule has 0 aromatic rings. The first-order valence-corrected chi connectivity index (χ1v) is 9.31. The second-order valence-electron chi connectivity index (χ2n) is 8.42. The molecule has 0 aliphatic carbocycles. The topological polar surface area (TPSA) is 76.2 Å². The molecule has 3 aliphatic heterocycles. The van der Waals surface area contributed by atoms with Gasteiger partial charge in [-0.25, -0.2) is 9.59 Å². The van der Waals surface area contributed by atoms with E-state index in [9.17, 15) is 14.4 Å². The highest BCUT2D eigenvalue weighted by molar-refractivity contribution is 5.93. The Labute approximate surface area is 154 Å². The zero-order chi connectivity index (χ0) is 19.1. The molecule has 0 aromatic heterocycles. The van der Waals surface area contributed by atoms with Crippen molar-refractivity contribution in [3.8, 4) is 0 Å². The van der Waals surface area contributed by atoms with E-state index in [0.29, 0.717) is 43.2 Å². The molecular formula is C19H28N2O5. The fraction of sp³-hybridized carbons (Fsp3) is 0.737. The summed E-state index contributed by atoms with van der Waals surface area (Å²) in [6.07, 6.45) is 1.99. The summed E-state index contributed by atoms with van der Waals surface area (Å²) in [7, 11) is 0. The van der Waals surface area contributed by atoms with E-state index < -0.39 is 5.60 Å². The molecule has 3 rings (SSSR count). The average Bonchev–Trinajstić information content (AvgIpc) is 3.09. The molecule has 1 atom stereocenters. The lowest BCUT2D eigenvalue weighted by Gasteiger charge is -2.35. The molecule has 1 unspecified atom stereocenters. The van der Waals surface area contributed by atoms with Gasteiger partial charge in [-0.2, -0.15) is 0 Å². The van der Waals surface area contributed by atoms with E-state index in [1.54, 1.807) is 16.7 Å². The van der Waals surface area contributed by atoms with Crippen LogP contribution in [0.4, 0.5) is 4.79 Å². The van der Waals surface area contributed by atoms with E-state index in [2.05, 4.69) is 0 Å². The predicted molar refractivity (Wildman–Crippen MR) is 94.0 cm³/mol. The van der Waals surface area contributed by atoms with Crippen LogP contribution in [0.1, 0.15) is 47.0 Å². The molecule has 144 valence electrons. The summed E-state index contributed by atoms with van der Waals surface area (Å²) in [5.74, 6) is 0.403. The molecule has 3 heterocycles. The van der Waals surface area contributed by atoms with E-state index in [-0.39, 0.29) is 30.5 Å². The molecule has 0 aromatic carbocycles. The fourth-order valence-corrected chi connectivity index (χ4v) is 3.94. The molecule has 0 saturated carbocycles. The van der Waals surface area contributed by atoms with Crippen molar-refractivity contribution in [2.75, 3.05) is 26.2 Å². The van der Waals surface area contributed by atoms with Gasteiger partial charge in [-0.3, -0.25) is 4.79 Å². The second kappa shape index (κ2) is 6.93. The summed E-state index contributed by atoms with van der Waals surface area (Å²) in [5.41, 5.74) is 0.769. The van der Waals surface area contributed by atoms with Crippen molar-refractivity contribution in [1.29, 1.82) is 0 Å². The molecule has 0 radical (unpaired) electrons. The van der Waals surface area contributed by atoms with E-state index >= 15 is 0 Å². The summed E-state index contributed by atoms with van der Waals surface area (Å²) in [5, 5.41) is 0. The van der Waals surface area contributed by atoms with Crippen LogP contribution < -0.4 is 0 Å². The molecule has 7 heteroatoms. The van der Waals surface area contributed by atoms with Gasteiger partial charge in [-0.15, -0.1) is 0 Å². The van der Waals surface area contributed by atoms with Gasteiger partial charge in [0.1, 0.15) is 12.2 Å². The lowest BCUT2D eigenvalue weighted by molar-refractivity contribution is -0.136. The largest absolute Gasteiger partial charge is 0.456 e. The van der Waals surface area contributed by atoms with Crippen LogP contribution in [0.25, 0.3) is 0 Å². The molecule has 2 fully saturated rings. The Morgan fingerprint density at radius 1 is 1.15 bits per heavy atom. The van der Waals surface area contributed by atoms with Gasteiger partial charge in [0.25, 0.3) is 0 Å². The van der Waals surface area contributed by atoms with Crippen LogP contribution in [0.15, 0.2) is 11.3 Å². The smallest absolute Gasteiger partial charge is 0.410 e. The van der Waals surface area contributed by atoms with Crippen LogP contribution in [-0.2, 0) is 19.1 Å². The second-order valence-corrected chi connectivity index (χ2v) is 8.42. The van der Waals surface area contributed by atoms with Crippen LogP contribution >= 0.6 is 0 Å². The van der Waals surface area contributed by atoms with Crippen molar-refractivity contribution < 1.29 is 23.9 Å². The van der Waals surface area contributed by atoms with Gasteiger partial charge in [-0.05, 0) is 52.4 Å². The zero-order valence-electron chi connectivity index (χ0n) is 16.0. The van der Waals surface area contributed by atoms with E-state index in [0.717, 1.165) is 12.8 Å². The van der Waals surface area contributed by atoms with E-state index in [1.165, 1.54) is 0 Å². The number of piperidine rings is 1. The number of nitrogens with zero attached hydrogens (tertiary/aromatic N) is 2. The number of cyclic esters (lactones) is 1. The molecule has 0 N–H and O–H groups in total. The predicted octanol–water partition coefficient (Wildman–Crippen LogP) is 2.31. The average molecular weight is 364 g/mol. The van der Waals surface area contributed by atoms with Gasteiger partial charge in [-0.1, -0.05) is 0 Å². The Morgan fingerprint density at radius 2 is 1.81 bits per heavy atom. The molecule has 0 spiro atoms. The number of hydrogen-bond donors (Lipinski definition) is 0. The van der Waals surface area contributed by atoms with Crippen LogP contribution in [0.5, 0.6) is 0 Å². The maximum atomic E-state index is 12.4. The quantitative estimate of drug-likeness (QED) is 0.703. The Kier molecular flexibility index (Phi) is 4.99. The molecule has 2 amide bonds. The normalized spacial score (nSPS) is 25.2. The number of hydrogen-bond acceptors (Lipinski definition) is 5. The maximum Gasteiger partial charge on any atom is 0.410 e. The minimum atomic E-state index is -0.487. The van der Waals surface area contributed by atoms with Crippen molar-refractivity contribution in [2.24, 2.45) is 11.8 Å². The van der Waals surface area contributed by atoms with Crippen LogP contribution in [0.2, 0.25) is 0 Å². The van der Waals surface area contributed by atoms with Crippen LogP contribution in [0.3, 0.4) is 0 Å². The van der Waals surface area contributed by atoms with Gasteiger partial charge in [0, 0.05) is 26.1 Å². The number of carbonyl (C=O) groups excluding carboxylic acids is 3. The molecule has 0 bridgehead atoms. The van der Waals surface area contributed by atoms with Crippen molar-refractivity contribution in [3.63, 3.8) is 0 Å². The van der Waals surface area contributed by atoms with Gasteiger partial charge in [0.05, 0.1) is 11.3 Å².